The van der Waals surface area contributed by atoms with Crippen LogP contribution in [0.15, 0.2) is 36.8 Å². The van der Waals surface area contributed by atoms with E-state index in [9.17, 15) is 4.79 Å². The Morgan fingerprint density at radius 1 is 1.23 bits per heavy atom. The Bertz CT molecular complexity index is 1080. The van der Waals surface area contributed by atoms with Crippen LogP contribution in [0.3, 0.4) is 0 Å². The van der Waals surface area contributed by atoms with Gasteiger partial charge in [0.05, 0.1) is 40.2 Å². The summed E-state index contributed by atoms with van der Waals surface area (Å²) in [4.78, 5) is 23.5. The van der Waals surface area contributed by atoms with Crippen LogP contribution < -0.4 is 10.6 Å². The predicted octanol–water partition coefficient (Wildman–Crippen LogP) is 4.09. The molecule has 0 bridgehead atoms. The molecule has 3 aromatic rings. The number of aryl methyl sites for hydroxylation is 1. The van der Waals surface area contributed by atoms with Crippen molar-refractivity contribution in [3.63, 3.8) is 0 Å². The summed E-state index contributed by atoms with van der Waals surface area (Å²) < 4.78 is 1.70. The van der Waals surface area contributed by atoms with Crippen LogP contribution in [0.1, 0.15) is 29.8 Å². The first kappa shape index (κ1) is 20.4. The summed E-state index contributed by atoms with van der Waals surface area (Å²) in [5.74, 6) is 0.480. The van der Waals surface area contributed by atoms with Crippen molar-refractivity contribution >= 4 is 40.9 Å². The molecule has 0 radical (unpaired) electrons. The number of aromatic nitrogens is 4. The van der Waals surface area contributed by atoms with Crippen molar-refractivity contribution in [3.05, 3.63) is 63.7 Å². The Hall–Kier alpha value is -2.84. The van der Waals surface area contributed by atoms with Crippen LogP contribution in [0.4, 0.5) is 16.4 Å². The smallest absolute Gasteiger partial charge is 0.318 e. The number of hydrogen-bond acceptors (Lipinski definition) is 5. The van der Waals surface area contributed by atoms with E-state index in [0.29, 0.717) is 35.5 Å². The molecule has 0 spiro atoms. The van der Waals surface area contributed by atoms with E-state index in [1.54, 1.807) is 27.9 Å². The molecule has 1 aliphatic rings. The minimum absolute atomic E-state index is 0.153. The maximum Gasteiger partial charge on any atom is 0.318 e. The lowest BCUT2D eigenvalue weighted by molar-refractivity contribution is 0.188. The van der Waals surface area contributed by atoms with Crippen molar-refractivity contribution in [2.45, 2.75) is 25.9 Å². The first-order valence-electron chi connectivity index (χ1n) is 9.50. The maximum absolute atomic E-state index is 12.8. The molecule has 0 unspecified atom stereocenters. The molecule has 8 nitrogen and oxygen atoms in total. The Morgan fingerprint density at radius 2 is 2.07 bits per heavy atom. The maximum atomic E-state index is 12.8. The number of halogens is 2. The second-order valence-electron chi connectivity index (χ2n) is 7.21. The molecule has 1 aliphatic heterocycles. The second kappa shape index (κ2) is 8.49. The topological polar surface area (TPSA) is 88.0 Å². The Labute approximate surface area is 184 Å². The van der Waals surface area contributed by atoms with Crippen LogP contribution in [-0.2, 0) is 20.0 Å². The number of amides is 2. The van der Waals surface area contributed by atoms with Gasteiger partial charge in [-0.3, -0.25) is 4.68 Å². The predicted molar refractivity (Wildman–Crippen MR) is 116 cm³/mol. The van der Waals surface area contributed by atoms with Crippen LogP contribution in [0.2, 0.25) is 10.0 Å². The van der Waals surface area contributed by atoms with Gasteiger partial charge in [0.1, 0.15) is 0 Å². The minimum Gasteiger partial charge on any atom is -0.331 e. The van der Waals surface area contributed by atoms with Gasteiger partial charge >= 0.3 is 6.03 Å². The largest absolute Gasteiger partial charge is 0.331 e. The van der Waals surface area contributed by atoms with Gasteiger partial charge in [0, 0.05) is 26.0 Å². The number of rotatable bonds is 4. The summed E-state index contributed by atoms with van der Waals surface area (Å²) in [5, 5.41) is 11.2. The van der Waals surface area contributed by atoms with Crippen LogP contribution in [0.5, 0.6) is 0 Å². The number of anilines is 2. The minimum atomic E-state index is -0.207. The zero-order valence-corrected chi connectivity index (χ0v) is 18.1. The van der Waals surface area contributed by atoms with Gasteiger partial charge in [-0.1, -0.05) is 29.3 Å². The average molecular weight is 446 g/mol. The van der Waals surface area contributed by atoms with Crippen LogP contribution in [0, 0.1) is 0 Å². The molecule has 2 N–H and O–H groups in total. The molecule has 2 amide bonds. The molecule has 0 saturated heterocycles. The van der Waals surface area contributed by atoms with Gasteiger partial charge in [-0.05, 0) is 36.6 Å². The van der Waals surface area contributed by atoms with E-state index in [4.69, 9.17) is 23.2 Å². The van der Waals surface area contributed by atoms with Gasteiger partial charge in [-0.25, -0.2) is 14.8 Å². The molecule has 0 saturated carbocycles. The highest BCUT2D eigenvalue weighted by molar-refractivity contribution is 6.42. The highest BCUT2D eigenvalue weighted by atomic mass is 35.5. The lowest BCUT2D eigenvalue weighted by Crippen LogP contribution is -2.43. The standard InChI is InChI=1S/C20H21Cl2N7O/c1-12(13-3-4-16(21)17(22)7-13)25-20(30)29-6-5-14-8-23-19(27-18(14)11-29)26-15-9-24-28(2)10-15/h3-4,7-10,12H,5-6,11H2,1-2H3,(H,25,30)(H,23,26,27)/t12-/m1/s1. The molecule has 1 atom stereocenters. The van der Waals surface area contributed by atoms with Gasteiger partial charge in [0.25, 0.3) is 0 Å². The molecule has 0 aliphatic carbocycles. The molecule has 30 heavy (non-hydrogen) atoms. The van der Waals surface area contributed by atoms with Crippen molar-refractivity contribution in [3.8, 4) is 0 Å². The summed E-state index contributed by atoms with van der Waals surface area (Å²) >= 11 is 12.1. The van der Waals surface area contributed by atoms with Crippen molar-refractivity contribution in [2.24, 2.45) is 7.05 Å². The lowest BCUT2D eigenvalue weighted by atomic mass is 10.1. The van der Waals surface area contributed by atoms with E-state index in [1.807, 2.05) is 32.4 Å². The van der Waals surface area contributed by atoms with E-state index in [2.05, 4.69) is 25.7 Å². The van der Waals surface area contributed by atoms with E-state index in [1.165, 1.54) is 0 Å². The van der Waals surface area contributed by atoms with Crippen molar-refractivity contribution in [1.82, 2.24) is 30.0 Å². The van der Waals surface area contributed by atoms with E-state index < -0.39 is 0 Å². The van der Waals surface area contributed by atoms with E-state index in [0.717, 1.165) is 22.5 Å². The fourth-order valence-corrected chi connectivity index (χ4v) is 3.60. The zero-order chi connectivity index (χ0) is 21.3. The number of nitrogens with one attached hydrogen (secondary N) is 2. The highest BCUT2D eigenvalue weighted by Crippen LogP contribution is 2.26. The van der Waals surface area contributed by atoms with Crippen molar-refractivity contribution < 1.29 is 4.79 Å². The molecule has 0 fully saturated rings. The molecule has 1 aromatic carbocycles. The summed E-state index contributed by atoms with van der Waals surface area (Å²) in [6.45, 7) is 2.93. The average Bonchev–Trinajstić information content (AvgIpc) is 3.13. The second-order valence-corrected chi connectivity index (χ2v) is 8.02. The van der Waals surface area contributed by atoms with E-state index in [-0.39, 0.29) is 12.1 Å². The summed E-state index contributed by atoms with van der Waals surface area (Å²) in [6.07, 6.45) is 6.06. The Balaban J connectivity index is 1.42. The quantitative estimate of drug-likeness (QED) is 0.631. The van der Waals surface area contributed by atoms with Gasteiger partial charge in [0.15, 0.2) is 0 Å². The molecule has 156 valence electrons. The molecular weight excluding hydrogens is 425 g/mol. The number of carbonyl (C=O) groups is 1. The molecule has 4 rings (SSSR count). The van der Waals surface area contributed by atoms with Crippen LogP contribution in [-0.4, -0.2) is 37.2 Å². The number of carbonyl (C=O) groups excluding carboxylic acids is 1. The van der Waals surface area contributed by atoms with Crippen LogP contribution >= 0.6 is 23.2 Å². The number of urea groups is 1. The van der Waals surface area contributed by atoms with Crippen molar-refractivity contribution in [1.29, 1.82) is 0 Å². The zero-order valence-electron chi connectivity index (χ0n) is 16.6. The lowest BCUT2D eigenvalue weighted by Gasteiger charge is -2.29. The highest BCUT2D eigenvalue weighted by Gasteiger charge is 2.24. The fraction of sp³-hybridized carbons (Fsp3) is 0.300. The fourth-order valence-electron chi connectivity index (χ4n) is 3.29. The molecular formula is C20H21Cl2N7O. The third kappa shape index (κ3) is 4.49. The Kier molecular flexibility index (Phi) is 5.78. The van der Waals surface area contributed by atoms with Gasteiger partial charge in [-0.15, -0.1) is 0 Å². The number of fused-ring (bicyclic) bond motifs is 1. The van der Waals surface area contributed by atoms with Gasteiger partial charge in [-0.2, -0.15) is 5.10 Å². The summed E-state index contributed by atoms with van der Waals surface area (Å²) in [6, 6.07) is 4.99. The summed E-state index contributed by atoms with van der Waals surface area (Å²) in [5.41, 5.74) is 3.58. The molecule has 10 heteroatoms. The third-order valence-electron chi connectivity index (χ3n) is 4.98. The number of benzene rings is 1. The number of nitrogens with zero attached hydrogens (tertiary/aromatic N) is 5. The molecule has 3 heterocycles. The summed E-state index contributed by atoms with van der Waals surface area (Å²) in [7, 11) is 1.84. The normalized spacial score (nSPS) is 14.2. The monoisotopic (exact) mass is 445 g/mol. The number of hydrogen-bond donors (Lipinski definition) is 2. The van der Waals surface area contributed by atoms with E-state index >= 15 is 0 Å². The third-order valence-corrected chi connectivity index (χ3v) is 5.72. The SMILES string of the molecule is C[C@@H](NC(=O)N1CCc2cnc(Nc3cnn(C)c3)nc2C1)c1ccc(Cl)c(Cl)c1. The van der Waals surface area contributed by atoms with Crippen molar-refractivity contribution in [2.75, 3.05) is 11.9 Å². The van der Waals surface area contributed by atoms with Gasteiger partial charge < -0.3 is 15.5 Å². The van der Waals surface area contributed by atoms with Crippen LogP contribution in [0.25, 0.3) is 0 Å². The first-order chi connectivity index (χ1) is 14.4. The Morgan fingerprint density at radius 3 is 2.80 bits per heavy atom. The van der Waals surface area contributed by atoms with Gasteiger partial charge in [0.2, 0.25) is 5.95 Å². The molecule has 2 aromatic heterocycles. The first-order valence-corrected chi connectivity index (χ1v) is 10.3.